The van der Waals surface area contributed by atoms with Crippen LogP contribution in [0.15, 0.2) is 71.1 Å². The van der Waals surface area contributed by atoms with E-state index in [-0.39, 0.29) is 0 Å². The van der Waals surface area contributed by atoms with Gasteiger partial charge in [0.25, 0.3) is 0 Å². The zero-order chi connectivity index (χ0) is 16.9. The molecule has 0 fully saturated rings. The van der Waals surface area contributed by atoms with Crippen LogP contribution in [-0.4, -0.2) is 10.7 Å². The lowest BCUT2D eigenvalue weighted by Crippen LogP contribution is -1.96. The quantitative estimate of drug-likeness (QED) is 0.418. The average molecular weight is 348 g/mol. The molecule has 0 aliphatic carbocycles. The maximum atomic E-state index is 9.70. The van der Waals surface area contributed by atoms with E-state index in [1.165, 1.54) is 0 Å². The molecule has 0 aliphatic heterocycles. The van der Waals surface area contributed by atoms with Gasteiger partial charge in [-0.25, -0.2) is 4.98 Å². The largest absolute Gasteiger partial charge is 0.240 e. The van der Waals surface area contributed by atoms with E-state index < -0.39 is 0 Å². The van der Waals surface area contributed by atoms with Crippen molar-refractivity contribution < 1.29 is 0 Å². The molecule has 24 heavy (non-hydrogen) atoms. The van der Waals surface area contributed by atoms with Crippen molar-refractivity contribution in [1.82, 2.24) is 4.98 Å². The van der Waals surface area contributed by atoms with Gasteiger partial charge < -0.3 is 0 Å². The average Bonchev–Trinajstić information content (AvgIpc) is 3.14. The van der Waals surface area contributed by atoms with Gasteiger partial charge in [-0.1, -0.05) is 48.6 Å². The van der Waals surface area contributed by atoms with Crippen molar-refractivity contribution in [2.45, 2.75) is 11.9 Å². The molecule has 0 spiro atoms. The zero-order valence-corrected chi connectivity index (χ0v) is 15.0. The van der Waals surface area contributed by atoms with E-state index in [2.05, 4.69) is 12.6 Å². The molecule has 0 amide bonds. The fourth-order valence-electron chi connectivity index (χ4n) is 2.31. The van der Waals surface area contributed by atoms with E-state index in [1.807, 2.05) is 60.8 Å². The van der Waals surface area contributed by atoms with Gasteiger partial charge in [-0.15, -0.1) is 23.1 Å². The van der Waals surface area contributed by atoms with Crippen LogP contribution in [0.2, 0.25) is 0 Å². The molecule has 2 heterocycles. The van der Waals surface area contributed by atoms with Crippen molar-refractivity contribution in [1.29, 1.82) is 5.26 Å². The van der Waals surface area contributed by atoms with Gasteiger partial charge >= 0.3 is 0 Å². The predicted molar refractivity (Wildman–Crippen MR) is 103 cm³/mol. The maximum Gasteiger partial charge on any atom is 0.115 e. The summed E-state index contributed by atoms with van der Waals surface area (Å²) in [5, 5.41) is 12.5. The Morgan fingerprint density at radius 1 is 1.25 bits per heavy atom. The number of benzene rings is 1. The van der Waals surface area contributed by atoms with Gasteiger partial charge in [0.05, 0.1) is 11.3 Å². The van der Waals surface area contributed by atoms with Crippen LogP contribution in [0.4, 0.5) is 0 Å². The Morgan fingerprint density at radius 3 is 2.67 bits per heavy atom. The topological polar surface area (TPSA) is 36.7 Å². The molecule has 0 saturated carbocycles. The lowest BCUT2D eigenvalue weighted by atomic mass is 10.0. The number of rotatable bonds is 5. The summed E-state index contributed by atoms with van der Waals surface area (Å²) < 4.78 is 0. The third-order valence-corrected chi connectivity index (χ3v) is 5.52. The molecule has 0 bridgehead atoms. The van der Waals surface area contributed by atoms with E-state index in [0.717, 1.165) is 38.0 Å². The van der Waals surface area contributed by atoms with Crippen molar-refractivity contribution in [2.24, 2.45) is 0 Å². The molecular weight excluding hydrogens is 332 g/mol. The van der Waals surface area contributed by atoms with Crippen LogP contribution >= 0.6 is 23.1 Å². The summed E-state index contributed by atoms with van der Waals surface area (Å²) in [6.07, 6.45) is 0. The summed E-state index contributed by atoms with van der Waals surface area (Å²) in [6.45, 7) is 5.94. The van der Waals surface area contributed by atoms with Gasteiger partial charge in [-0.2, -0.15) is 5.26 Å². The molecule has 0 unspecified atom stereocenters. The van der Waals surface area contributed by atoms with Crippen LogP contribution in [0.25, 0.3) is 21.7 Å². The lowest BCUT2D eigenvalue weighted by molar-refractivity contribution is 1.12. The lowest BCUT2D eigenvalue weighted by Gasteiger charge is -2.11. The van der Waals surface area contributed by atoms with E-state index in [9.17, 15) is 5.26 Å². The second-order valence-corrected chi connectivity index (χ2v) is 7.35. The van der Waals surface area contributed by atoms with E-state index in [1.54, 1.807) is 23.1 Å². The third kappa shape index (κ3) is 3.59. The smallest absolute Gasteiger partial charge is 0.115 e. The highest BCUT2D eigenvalue weighted by atomic mass is 32.2. The highest BCUT2D eigenvalue weighted by Gasteiger charge is 2.16. The molecule has 2 aromatic heterocycles. The van der Waals surface area contributed by atoms with E-state index in [4.69, 9.17) is 4.98 Å². The van der Waals surface area contributed by atoms with E-state index in [0.29, 0.717) is 5.56 Å². The fraction of sp³-hybridized carbons (Fsp3) is 0.100. The normalized spacial score (nSPS) is 10.3. The number of hydrogen-bond acceptors (Lipinski definition) is 4. The molecule has 3 aromatic rings. The van der Waals surface area contributed by atoms with Crippen LogP contribution in [-0.2, 0) is 0 Å². The molecule has 0 aliphatic rings. The minimum atomic E-state index is 0.642. The number of hydrogen-bond donors (Lipinski definition) is 0. The Morgan fingerprint density at radius 2 is 2.04 bits per heavy atom. The number of thiophene rings is 1. The standard InChI is InChI=1S/C20H16N2S2/c1-14(2)13-24-20-17(12-21)16(19-9-6-10-23-19)11-18(22-20)15-7-4-3-5-8-15/h3-11H,1,13H2,2H3. The van der Waals surface area contributed by atoms with Gasteiger partial charge in [0.15, 0.2) is 0 Å². The second-order valence-electron chi connectivity index (χ2n) is 5.44. The predicted octanol–water partition coefficient (Wildman–Crippen LogP) is 6.02. The number of nitrogens with zero attached hydrogens (tertiary/aromatic N) is 2. The van der Waals surface area contributed by atoms with E-state index >= 15 is 0 Å². The molecule has 118 valence electrons. The Hall–Kier alpha value is -2.35. The second kappa shape index (κ2) is 7.48. The van der Waals surface area contributed by atoms with Crippen molar-refractivity contribution >= 4 is 23.1 Å². The number of pyridine rings is 1. The highest BCUT2D eigenvalue weighted by Crippen LogP contribution is 2.36. The summed E-state index contributed by atoms with van der Waals surface area (Å²) in [5.74, 6) is 0.754. The van der Waals surface area contributed by atoms with Crippen LogP contribution in [0.5, 0.6) is 0 Å². The van der Waals surface area contributed by atoms with Crippen molar-refractivity contribution in [3.8, 4) is 27.8 Å². The van der Waals surface area contributed by atoms with Gasteiger partial charge in [0.2, 0.25) is 0 Å². The Bertz CT molecular complexity index is 891. The molecule has 0 N–H and O–H groups in total. The highest BCUT2D eigenvalue weighted by molar-refractivity contribution is 7.99. The van der Waals surface area contributed by atoms with Crippen molar-refractivity contribution in [3.63, 3.8) is 0 Å². The Labute approximate surface area is 150 Å². The number of aromatic nitrogens is 1. The SMILES string of the molecule is C=C(C)CSc1nc(-c2ccccc2)cc(-c2cccs2)c1C#N. The molecule has 0 radical (unpaired) electrons. The molecule has 1 aromatic carbocycles. The fourth-order valence-corrected chi connectivity index (χ4v) is 3.90. The summed E-state index contributed by atoms with van der Waals surface area (Å²) >= 11 is 3.21. The summed E-state index contributed by atoms with van der Waals surface area (Å²) in [6, 6.07) is 18.5. The molecule has 0 atom stereocenters. The molecule has 3 rings (SSSR count). The van der Waals surface area contributed by atoms with Crippen LogP contribution in [0.3, 0.4) is 0 Å². The Kier molecular flexibility index (Phi) is 5.14. The molecule has 2 nitrogen and oxygen atoms in total. The van der Waals surface area contributed by atoms with Gasteiger partial charge in [-0.05, 0) is 24.4 Å². The Balaban J connectivity index is 2.18. The minimum Gasteiger partial charge on any atom is -0.240 e. The summed E-state index contributed by atoms with van der Waals surface area (Å²) in [5.41, 5.74) is 4.60. The van der Waals surface area contributed by atoms with Gasteiger partial charge in [0, 0.05) is 21.8 Å². The number of thioether (sulfide) groups is 1. The zero-order valence-electron chi connectivity index (χ0n) is 13.3. The monoisotopic (exact) mass is 348 g/mol. The first kappa shape index (κ1) is 16.5. The van der Waals surface area contributed by atoms with Crippen LogP contribution < -0.4 is 0 Å². The minimum absolute atomic E-state index is 0.642. The first-order valence-corrected chi connectivity index (χ1v) is 9.37. The first-order chi connectivity index (χ1) is 11.7. The maximum absolute atomic E-state index is 9.70. The number of nitriles is 1. The van der Waals surface area contributed by atoms with Crippen LogP contribution in [0.1, 0.15) is 12.5 Å². The first-order valence-electron chi connectivity index (χ1n) is 7.50. The third-order valence-electron chi connectivity index (χ3n) is 3.41. The molecular formula is C20H16N2S2. The molecule has 4 heteroatoms. The van der Waals surface area contributed by atoms with Crippen molar-refractivity contribution in [2.75, 3.05) is 5.75 Å². The summed E-state index contributed by atoms with van der Waals surface area (Å²) in [4.78, 5) is 5.85. The van der Waals surface area contributed by atoms with Gasteiger partial charge in [-0.3, -0.25) is 0 Å². The van der Waals surface area contributed by atoms with Gasteiger partial charge in [0.1, 0.15) is 11.1 Å². The summed E-state index contributed by atoms with van der Waals surface area (Å²) in [7, 11) is 0. The molecule has 0 saturated heterocycles. The van der Waals surface area contributed by atoms with Crippen molar-refractivity contribution in [3.05, 3.63) is 71.6 Å². The van der Waals surface area contributed by atoms with Crippen LogP contribution in [0, 0.1) is 11.3 Å².